The summed E-state index contributed by atoms with van der Waals surface area (Å²) in [5.74, 6) is 2.50. The number of hydrogen-bond donors (Lipinski definition) is 0. The molecule has 0 spiro atoms. The van der Waals surface area contributed by atoms with Crippen molar-refractivity contribution < 1.29 is 40.5 Å². The van der Waals surface area contributed by atoms with Gasteiger partial charge in [0.2, 0.25) is 0 Å². The minimum atomic E-state index is -0.111. The number of esters is 2. The number of fused-ring (bicyclic) bond motifs is 5. The fraction of sp³-hybridized carbons (Fsp3) is 0.941. The third kappa shape index (κ3) is 5.56. The van der Waals surface area contributed by atoms with Crippen LogP contribution in [0.1, 0.15) is 111 Å². The van der Waals surface area contributed by atoms with Crippen molar-refractivity contribution in [2.24, 2.45) is 34.5 Å². The highest BCUT2D eigenvalue weighted by atomic mass is 79.9. The van der Waals surface area contributed by atoms with E-state index in [9.17, 15) is 9.59 Å². The van der Waals surface area contributed by atoms with Gasteiger partial charge in [-0.2, -0.15) is 0 Å². The van der Waals surface area contributed by atoms with Crippen LogP contribution in [0.4, 0.5) is 0 Å². The minimum Gasteiger partial charge on any atom is -1.00 e. The molecule has 0 N–H and O–H groups in total. The first-order valence-corrected chi connectivity index (χ1v) is 17.0. The van der Waals surface area contributed by atoms with Crippen LogP contribution in [-0.2, 0) is 19.1 Å². The molecule has 2 aliphatic heterocycles. The Morgan fingerprint density at radius 1 is 0.805 bits per heavy atom. The van der Waals surface area contributed by atoms with Gasteiger partial charge in [-0.25, -0.2) is 0 Å². The van der Waals surface area contributed by atoms with Crippen LogP contribution < -0.4 is 17.0 Å². The fourth-order valence-corrected chi connectivity index (χ4v) is 11.7. The first-order chi connectivity index (χ1) is 19.0. The van der Waals surface area contributed by atoms with Gasteiger partial charge in [-0.15, -0.1) is 0 Å². The molecule has 4 saturated carbocycles. The summed E-state index contributed by atoms with van der Waals surface area (Å²) >= 11 is 0. The Hall–Kier alpha value is -0.660. The molecule has 0 unspecified atom stereocenters. The van der Waals surface area contributed by atoms with E-state index in [1.807, 2.05) is 0 Å². The number of likely N-dealkylation sites (tertiary alicyclic amines) is 2. The second-order valence-corrected chi connectivity index (χ2v) is 15.8. The molecule has 0 radical (unpaired) electrons. The Labute approximate surface area is 260 Å². The summed E-state index contributed by atoms with van der Waals surface area (Å²) in [6.07, 6.45) is 16.3. The molecule has 0 bridgehead atoms. The Bertz CT molecular complexity index is 964. The van der Waals surface area contributed by atoms with Crippen molar-refractivity contribution in [3.63, 3.8) is 0 Å². The highest BCUT2D eigenvalue weighted by Gasteiger charge is 2.67. The highest BCUT2D eigenvalue weighted by Crippen LogP contribution is 2.67. The molecule has 6 aliphatic rings. The van der Waals surface area contributed by atoms with Crippen LogP contribution in [-0.4, -0.2) is 78.8 Å². The fourth-order valence-electron chi connectivity index (χ4n) is 11.7. The molecule has 4 aliphatic carbocycles. The van der Waals surface area contributed by atoms with E-state index in [2.05, 4.69) is 25.8 Å². The van der Waals surface area contributed by atoms with Crippen LogP contribution in [0.25, 0.3) is 0 Å². The van der Waals surface area contributed by atoms with Crippen molar-refractivity contribution in [2.75, 3.05) is 33.2 Å². The Morgan fingerprint density at radius 2 is 1.46 bits per heavy atom. The average Bonchev–Trinajstić information content (AvgIpc) is 3.21. The molecule has 6 nitrogen and oxygen atoms in total. The predicted molar refractivity (Wildman–Crippen MR) is 156 cm³/mol. The van der Waals surface area contributed by atoms with Gasteiger partial charge in [-0.3, -0.25) is 14.5 Å². The molecule has 2 saturated heterocycles. The lowest BCUT2D eigenvalue weighted by Gasteiger charge is -2.62. The zero-order valence-corrected chi connectivity index (χ0v) is 28.1. The average molecular weight is 638 g/mol. The van der Waals surface area contributed by atoms with Crippen molar-refractivity contribution in [1.82, 2.24) is 4.90 Å². The van der Waals surface area contributed by atoms with Crippen molar-refractivity contribution in [3.8, 4) is 0 Å². The van der Waals surface area contributed by atoms with Gasteiger partial charge in [0, 0.05) is 31.7 Å². The van der Waals surface area contributed by atoms with Gasteiger partial charge >= 0.3 is 11.9 Å². The molecular formula is C34H57BrN2O4. The number of nitrogens with zero attached hydrogens (tertiary/aromatic N) is 2. The summed E-state index contributed by atoms with van der Waals surface area (Å²) in [7, 11) is 2.47. The normalized spacial score (nSPS) is 45.8. The lowest BCUT2D eigenvalue weighted by molar-refractivity contribution is -0.940. The largest absolute Gasteiger partial charge is 1.00 e. The maximum absolute atomic E-state index is 12.5. The molecule has 6 rings (SSSR count). The van der Waals surface area contributed by atoms with Crippen molar-refractivity contribution >= 4 is 11.9 Å². The number of hydrogen-bond acceptors (Lipinski definition) is 5. The zero-order chi connectivity index (χ0) is 28.3. The molecule has 0 amide bonds. The monoisotopic (exact) mass is 636 g/mol. The Balaban J connectivity index is 0.00000337. The zero-order valence-electron chi connectivity index (χ0n) is 26.5. The van der Waals surface area contributed by atoms with Gasteiger partial charge in [0.25, 0.3) is 0 Å². The number of carbonyl (C=O) groups excluding carboxylic acids is 2. The van der Waals surface area contributed by atoms with Gasteiger partial charge in [0.1, 0.15) is 12.1 Å². The van der Waals surface area contributed by atoms with Crippen molar-refractivity contribution in [3.05, 3.63) is 0 Å². The van der Waals surface area contributed by atoms with Crippen LogP contribution in [0.3, 0.4) is 0 Å². The standard InChI is InChI=1S/C34H57N2O4.BrH/c1-23(37)39-31-20-25-12-13-26-27(34(25,4)22-29(31)35-16-8-6-9-17-35)14-15-33(3)28(26)21-30(32(33)40-24(2)38)36(5)18-10-7-11-19-36;/h25-32H,6-22H2,1-5H3;1H/q+1;/p-1/t25-,26+,27-,28-,29-,30-,31-,32+,33-,34-;/m0./s1. The second-order valence-electron chi connectivity index (χ2n) is 15.8. The molecule has 7 heteroatoms. The van der Waals surface area contributed by atoms with Crippen LogP contribution in [0.15, 0.2) is 0 Å². The molecule has 234 valence electrons. The van der Waals surface area contributed by atoms with E-state index in [0.29, 0.717) is 35.3 Å². The van der Waals surface area contributed by atoms with Gasteiger partial charge in [-0.1, -0.05) is 20.3 Å². The predicted octanol–water partition coefficient (Wildman–Crippen LogP) is 2.97. The third-order valence-electron chi connectivity index (χ3n) is 13.7. The van der Waals surface area contributed by atoms with Crippen molar-refractivity contribution in [1.29, 1.82) is 0 Å². The van der Waals surface area contributed by atoms with Gasteiger partial charge in [0.05, 0.1) is 20.1 Å². The Kier molecular flexibility index (Phi) is 9.32. The summed E-state index contributed by atoms with van der Waals surface area (Å²) < 4.78 is 13.5. The van der Waals surface area contributed by atoms with Crippen LogP contribution >= 0.6 is 0 Å². The maximum Gasteiger partial charge on any atom is 0.303 e. The number of likely N-dealkylation sites (N-methyl/N-ethyl adjacent to an activating group) is 1. The lowest BCUT2D eigenvalue weighted by atomic mass is 9.44. The topological polar surface area (TPSA) is 55.8 Å². The van der Waals surface area contributed by atoms with Gasteiger partial charge in [-0.05, 0) is 113 Å². The Morgan fingerprint density at radius 3 is 2.12 bits per heavy atom. The van der Waals surface area contributed by atoms with E-state index < -0.39 is 0 Å². The number of ether oxygens (including phenoxy) is 2. The lowest BCUT2D eigenvalue weighted by Crippen LogP contribution is -3.00. The molecule has 41 heavy (non-hydrogen) atoms. The smallest absolute Gasteiger partial charge is 0.303 e. The number of rotatable bonds is 4. The number of carbonyl (C=O) groups is 2. The molecule has 6 fully saturated rings. The minimum absolute atomic E-state index is 0. The summed E-state index contributed by atoms with van der Waals surface area (Å²) in [4.78, 5) is 27.4. The quantitative estimate of drug-likeness (QED) is 0.351. The number of piperidine rings is 2. The SMILES string of the molecule is CC(=O)O[C@H]1C[C@@H]2CC[C@@H]3[C@H](CC[C@]4(C)[C@H](OC(C)=O)[C@@H]([N+]5(C)CCCCC5)C[C@@H]34)[C@@]2(C)C[C@@H]1N1CCCCC1.[Br-]. The summed E-state index contributed by atoms with van der Waals surface area (Å²) in [6, 6.07) is 0.796. The molecule has 10 atom stereocenters. The van der Waals surface area contributed by atoms with E-state index in [1.54, 1.807) is 13.8 Å². The van der Waals surface area contributed by atoms with E-state index in [-0.39, 0.29) is 46.5 Å². The highest BCUT2D eigenvalue weighted by molar-refractivity contribution is 5.66. The second kappa shape index (κ2) is 12.0. The summed E-state index contributed by atoms with van der Waals surface area (Å²) in [6.45, 7) is 13.1. The summed E-state index contributed by atoms with van der Waals surface area (Å²) in [5, 5.41) is 0. The number of quaternary nitrogens is 1. The van der Waals surface area contributed by atoms with Crippen LogP contribution in [0.5, 0.6) is 0 Å². The van der Waals surface area contributed by atoms with E-state index in [0.717, 1.165) is 29.9 Å². The maximum atomic E-state index is 12.5. The summed E-state index contributed by atoms with van der Waals surface area (Å²) in [5.41, 5.74) is 0.377. The van der Waals surface area contributed by atoms with E-state index in [1.165, 1.54) is 90.1 Å². The third-order valence-corrected chi connectivity index (χ3v) is 13.7. The van der Waals surface area contributed by atoms with E-state index in [4.69, 9.17) is 9.47 Å². The van der Waals surface area contributed by atoms with Gasteiger partial charge in [0.15, 0.2) is 6.10 Å². The molecule has 2 heterocycles. The van der Waals surface area contributed by atoms with Gasteiger partial charge < -0.3 is 30.9 Å². The van der Waals surface area contributed by atoms with Crippen LogP contribution in [0, 0.1) is 34.5 Å². The molecule has 0 aromatic heterocycles. The van der Waals surface area contributed by atoms with Crippen molar-refractivity contribution in [2.45, 2.75) is 135 Å². The molecular weight excluding hydrogens is 580 g/mol. The molecule has 0 aromatic carbocycles. The van der Waals surface area contributed by atoms with E-state index >= 15 is 0 Å². The molecule has 0 aromatic rings. The van der Waals surface area contributed by atoms with Crippen LogP contribution in [0.2, 0.25) is 0 Å². The first kappa shape index (κ1) is 31.8. The number of halogens is 1. The first-order valence-electron chi connectivity index (χ1n) is 17.0.